The zero-order valence-corrected chi connectivity index (χ0v) is 18.1. The first-order valence-corrected chi connectivity index (χ1v) is 10.1. The summed E-state index contributed by atoms with van der Waals surface area (Å²) in [5, 5.41) is 0. The molecule has 0 fully saturated rings. The van der Waals surface area contributed by atoms with Gasteiger partial charge >= 0.3 is 0 Å². The lowest BCUT2D eigenvalue weighted by atomic mass is 9.37. The topological polar surface area (TPSA) is 0 Å². The summed E-state index contributed by atoms with van der Waals surface area (Å²) in [6, 6.07) is 26.5. The average molecular weight is 620 g/mol. The van der Waals surface area contributed by atoms with Crippen LogP contribution in [0.15, 0.2) is 72.8 Å². The molecule has 0 heterocycles. The zero-order valence-electron chi connectivity index (χ0n) is 11.6. The normalized spacial score (nSPS) is 10.5. The molecule has 0 aliphatic heterocycles. The molecule has 3 aromatic carbocycles. The Kier molecular flexibility index (Phi) is 5.83. The van der Waals surface area contributed by atoms with Gasteiger partial charge in [0, 0.05) is 10.7 Å². The molecule has 0 N–H and O–H groups in total. The molecule has 0 aliphatic rings. The lowest BCUT2D eigenvalue weighted by Crippen LogP contribution is -2.51. The summed E-state index contributed by atoms with van der Waals surface area (Å²) in [5.41, 5.74) is 4.01. The van der Waals surface area contributed by atoms with E-state index < -0.39 is 0 Å². The smallest absolute Gasteiger partial charge is 0.0686 e. The van der Waals surface area contributed by atoms with Crippen LogP contribution in [0.1, 0.15) is 0 Å². The van der Waals surface area contributed by atoms with E-state index in [-0.39, 0.29) is 6.71 Å². The van der Waals surface area contributed by atoms with Gasteiger partial charge in [-0.25, -0.2) is 0 Å². The predicted molar refractivity (Wildman–Crippen MR) is 122 cm³/mol. The maximum Gasteiger partial charge on any atom is 0.241 e. The van der Waals surface area contributed by atoms with Crippen LogP contribution in [0.2, 0.25) is 0 Å². The summed E-state index contributed by atoms with van der Waals surface area (Å²) in [5.74, 6) is 0. The van der Waals surface area contributed by atoms with Crippen molar-refractivity contribution in [1.29, 1.82) is 0 Å². The Morgan fingerprint density at radius 2 is 0.636 bits per heavy atom. The molecular formula is C18H12BI3. The van der Waals surface area contributed by atoms with E-state index in [9.17, 15) is 0 Å². The fraction of sp³-hybridized carbons (Fsp3) is 0. The Balaban J connectivity index is 2.10. The lowest BCUT2D eigenvalue weighted by molar-refractivity contribution is 1.65. The van der Waals surface area contributed by atoms with Crippen molar-refractivity contribution in [1.82, 2.24) is 0 Å². The molecular weight excluding hydrogens is 608 g/mol. The van der Waals surface area contributed by atoms with Gasteiger partial charge in [-0.2, -0.15) is 0 Å². The van der Waals surface area contributed by atoms with Crippen LogP contribution in [0, 0.1) is 10.7 Å². The number of hydrogen-bond acceptors (Lipinski definition) is 0. The van der Waals surface area contributed by atoms with Crippen LogP contribution in [-0.4, -0.2) is 6.71 Å². The molecule has 0 unspecified atom stereocenters. The molecule has 0 bridgehead atoms. The quantitative estimate of drug-likeness (QED) is 0.307. The third kappa shape index (κ3) is 4.06. The van der Waals surface area contributed by atoms with Crippen molar-refractivity contribution in [2.24, 2.45) is 0 Å². The lowest BCUT2D eigenvalue weighted by Gasteiger charge is -2.16. The van der Waals surface area contributed by atoms with Crippen molar-refractivity contribution < 1.29 is 0 Å². The van der Waals surface area contributed by atoms with E-state index in [1.807, 2.05) is 0 Å². The summed E-state index contributed by atoms with van der Waals surface area (Å²) in [6.07, 6.45) is 0. The van der Waals surface area contributed by atoms with Crippen molar-refractivity contribution in [3.63, 3.8) is 0 Å². The second-order valence-electron chi connectivity index (χ2n) is 5.09. The summed E-state index contributed by atoms with van der Waals surface area (Å²) in [6.45, 7) is 0.283. The standard InChI is InChI=1S/C18H12BI3/c20-16-7-1-13(2-8-16)19(14-3-9-17(21)10-4-14)15-5-11-18(22)12-6-15/h1-12H. The maximum absolute atomic E-state index is 2.36. The summed E-state index contributed by atoms with van der Waals surface area (Å²) in [4.78, 5) is 0. The van der Waals surface area contributed by atoms with Crippen LogP contribution in [0.25, 0.3) is 0 Å². The molecule has 0 saturated heterocycles. The van der Waals surface area contributed by atoms with Crippen molar-refractivity contribution in [3.8, 4) is 0 Å². The minimum atomic E-state index is 0.283. The predicted octanol–water partition coefficient (Wildman–Crippen LogP) is 4.02. The zero-order chi connectivity index (χ0) is 15.5. The number of hydrogen-bond donors (Lipinski definition) is 0. The molecule has 3 rings (SSSR count). The molecule has 0 nitrogen and oxygen atoms in total. The SMILES string of the molecule is Ic1ccc(B(c2ccc(I)cc2)c2ccc(I)cc2)cc1. The first kappa shape index (κ1) is 16.8. The third-order valence-electron chi connectivity index (χ3n) is 3.61. The van der Waals surface area contributed by atoms with Gasteiger partial charge in [0.25, 0.3) is 0 Å². The second kappa shape index (κ2) is 7.66. The van der Waals surface area contributed by atoms with Crippen molar-refractivity contribution >= 4 is 90.9 Å². The fourth-order valence-corrected chi connectivity index (χ4v) is 3.62. The van der Waals surface area contributed by atoms with E-state index in [1.165, 1.54) is 27.1 Å². The van der Waals surface area contributed by atoms with E-state index in [0.717, 1.165) is 0 Å². The first-order chi connectivity index (χ1) is 10.6. The maximum atomic E-state index is 2.36. The van der Waals surface area contributed by atoms with Crippen LogP contribution in [0.4, 0.5) is 0 Å². The van der Waals surface area contributed by atoms with Gasteiger partial charge in [-0.3, -0.25) is 0 Å². The van der Waals surface area contributed by atoms with Gasteiger partial charge in [0.05, 0.1) is 0 Å². The largest absolute Gasteiger partial charge is 0.241 e. The number of halogens is 3. The molecule has 0 amide bonds. The molecule has 108 valence electrons. The Bertz CT molecular complexity index is 642. The molecule has 0 atom stereocenters. The highest BCUT2D eigenvalue weighted by atomic mass is 127. The van der Waals surface area contributed by atoms with Gasteiger partial charge in [-0.05, 0) is 104 Å². The minimum absolute atomic E-state index is 0.283. The monoisotopic (exact) mass is 620 g/mol. The van der Waals surface area contributed by atoms with Crippen LogP contribution in [-0.2, 0) is 0 Å². The molecule has 0 spiro atoms. The van der Waals surface area contributed by atoms with Gasteiger partial charge in [-0.15, -0.1) is 0 Å². The Labute approximate surface area is 172 Å². The highest BCUT2D eigenvalue weighted by molar-refractivity contribution is 14.1. The van der Waals surface area contributed by atoms with E-state index >= 15 is 0 Å². The van der Waals surface area contributed by atoms with Gasteiger partial charge in [-0.1, -0.05) is 52.8 Å². The van der Waals surface area contributed by atoms with Crippen molar-refractivity contribution in [2.75, 3.05) is 0 Å². The summed E-state index contributed by atoms with van der Waals surface area (Å²) in [7, 11) is 0. The van der Waals surface area contributed by atoms with E-state index in [4.69, 9.17) is 0 Å². The highest BCUT2D eigenvalue weighted by Gasteiger charge is 2.21. The first-order valence-electron chi connectivity index (χ1n) is 6.90. The fourth-order valence-electron chi connectivity index (χ4n) is 2.54. The molecule has 0 saturated carbocycles. The Morgan fingerprint density at radius 1 is 0.409 bits per heavy atom. The Morgan fingerprint density at radius 3 is 0.864 bits per heavy atom. The molecule has 0 aliphatic carbocycles. The van der Waals surface area contributed by atoms with Crippen LogP contribution in [0.5, 0.6) is 0 Å². The number of rotatable bonds is 3. The van der Waals surface area contributed by atoms with Crippen LogP contribution < -0.4 is 16.4 Å². The third-order valence-corrected chi connectivity index (χ3v) is 5.77. The van der Waals surface area contributed by atoms with E-state index in [2.05, 4.69) is 141 Å². The van der Waals surface area contributed by atoms with Crippen molar-refractivity contribution in [2.45, 2.75) is 0 Å². The van der Waals surface area contributed by atoms with Gasteiger partial charge in [0.1, 0.15) is 0 Å². The second-order valence-corrected chi connectivity index (χ2v) is 8.82. The van der Waals surface area contributed by atoms with Crippen LogP contribution in [0.3, 0.4) is 0 Å². The Hall–Kier alpha value is -0.0851. The molecule has 0 radical (unpaired) electrons. The molecule has 22 heavy (non-hydrogen) atoms. The molecule has 4 heteroatoms. The summed E-state index contributed by atoms with van der Waals surface area (Å²) >= 11 is 7.07. The molecule has 0 aromatic heterocycles. The van der Waals surface area contributed by atoms with Gasteiger partial charge in [0.2, 0.25) is 6.71 Å². The minimum Gasteiger partial charge on any atom is -0.0686 e. The number of benzene rings is 3. The highest BCUT2D eigenvalue weighted by Crippen LogP contribution is 2.06. The van der Waals surface area contributed by atoms with Gasteiger partial charge in [0.15, 0.2) is 0 Å². The van der Waals surface area contributed by atoms with E-state index in [0.29, 0.717) is 0 Å². The average Bonchev–Trinajstić information content (AvgIpc) is 2.53. The van der Waals surface area contributed by atoms with Crippen molar-refractivity contribution in [3.05, 3.63) is 83.5 Å². The molecule has 3 aromatic rings. The van der Waals surface area contributed by atoms with E-state index in [1.54, 1.807) is 0 Å². The van der Waals surface area contributed by atoms with Crippen LogP contribution >= 0.6 is 67.8 Å². The van der Waals surface area contributed by atoms with Gasteiger partial charge < -0.3 is 0 Å². The summed E-state index contributed by atoms with van der Waals surface area (Å²) < 4.78 is 3.81.